The Bertz CT molecular complexity index is 605. The topological polar surface area (TPSA) is 21.6 Å². The molecule has 2 nitrogen and oxygen atoms in total. The molecule has 0 saturated carbocycles. The van der Waals surface area contributed by atoms with E-state index in [9.17, 15) is 0 Å². The second kappa shape index (κ2) is 5.24. The minimum absolute atomic E-state index is 0.0662. The van der Waals surface area contributed by atoms with E-state index in [1.165, 1.54) is 0 Å². The van der Waals surface area contributed by atoms with Crippen molar-refractivity contribution in [2.45, 2.75) is 12.5 Å². The lowest BCUT2D eigenvalue weighted by Crippen LogP contribution is -2.02. The molecule has 1 atom stereocenters. The van der Waals surface area contributed by atoms with Crippen molar-refractivity contribution in [3.8, 4) is 0 Å². The molecular formula is C15H11Cl2NO. The first-order chi connectivity index (χ1) is 9.25. The summed E-state index contributed by atoms with van der Waals surface area (Å²) in [4.78, 5) is 5.49. The number of halogens is 2. The first kappa shape index (κ1) is 12.5. The van der Waals surface area contributed by atoms with E-state index in [2.05, 4.69) is 5.16 Å². The molecule has 1 aliphatic rings. The molecule has 4 heteroatoms. The number of benzene rings is 2. The highest BCUT2D eigenvalue weighted by Gasteiger charge is 2.26. The Morgan fingerprint density at radius 2 is 1.63 bits per heavy atom. The molecule has 0 bridgehead atoms. The highest BCUT2D eigenvalue weighted by molar-refractivity contribution is 6.40. The molecule has 19 heavy (non-hydrogen) atoms. The molecule has 96 valence electrons. The number of hydrogen-bond donors (Lipinski definition) is 0. The van der Waals surface area contributed by atoms with Gasteiger partial charge < -0.3 is 4.84 Å². The van der Waals surface area contributed by atoms with E-state index in [-0.39, 0.29) is 6.10 Å². The largest absolute Gasteiger partial charge is 0.387 e. The predicted molar refractivity (Wildman–Crippen MR) is 77.9 cm³/mol. The quantitative estimate of drug-likeness (QED) is 0.774. The molecule has 1 heterocycles. The second-order valence-corrected chi connectivity index (χ2v) is 5.16. The third-order valence-corrected chi connectivity index (χ3v) is 3.72. The fourth-order valence-electron chi connectivity index (χ4n) is 2.14. The molecule has 0 N–H and O–H groups in total. The van der Waals surface area contributed by atoms with Gasteiger partial charge >= 0.3 is 0 Å². The molecule has 1 aliphatic heterocycles. The summed E-state index contributed by atoms with van der Waals surface area (Å²) in [5.41, 5.74) is 2.66. The molecule has 0 aliphatic carbocycles. The van der Waals surface area contributed by atoms with Gasteiger partial charge in [0.2, 0.25) is 0 Å². The molecule has 3 rings (SSSR count). The van der Waals surface area contributed by atoms with Crippen LogP contribution in [0.25, 0.3) is 0 Å². The van der Waals surface area contributed by atoms with Gasteiger partial charge in [0.05, 0.1) is 15.8 Å². The van der Waals surface area contributed by atoms with Gasteiger partial charge in [-0.1, -0.05) is 64.8 Å². The van der Waals surface area contributed by atoms with Gasteiger partial charge in [-0.2, -0.15) is 0 Å². The zero-order valence-corrected chi connectivity index (χ0v) is 11.5. The summed E-state index contributed by atoms with van der Waals surface area (Å²) in [6.07, 6.45) is 0.608. The van der Waals surface area contributed by atoms with Crippen LogP contribution in [0, 0.1) is 0 Å². The molecule has 0 spiro atoms. The summed E-state index contributed by atoms with van der Waals surface area (Å²) in [6.45, 7) is 0. The van der Waals surface area contributed by atoms with E-state index in [1.54, 1.807) is 12.1 Å². The zero-order chi connectivity index (χ0) is 13.2. The Kier molecular flexibility index (Phi) is 3.45. The summed E-state index contributed by atoms with van der Waals surface area (Å²) in [5.74, 6) is 0. The van der Waals surface area contributed by atoms with Gasteiger partial charge in [-0.15, -0.1) is 0 Å². The fourth-order valence-corrected chi connectivity index (χ4v) is 2.76. The highest BCUT2D eigenvalue weighted by atomic mass is 35.5. The summed E-state index contributed by atoms with van der Waals surface area (Å²) in [5, 5.41) is 5.33. The number of hydrogen-bond acceptors (Lipinski definition) is 2. The van der Waals surface area contributed by atoms with E-state index >= 15 is 0 Å². The zero-order valence-electron chi connectivity index (χ0n) is 10.0. The Morgan fingerprint density at radius 3 is 2.32 bits per heavy atom. The fraction of sp³-hybridized carbons (Fsp3) is 0.133. The van der Waals surface area contributed by atoms with Crippen LogP contribution in [-0.4, -0.2) is 5.71 Å². The first-order valence-corrected chi connectivity index (χ1v) is 6.73. The summed E-state index contributed by atoms with van der Waals surface area (Å²) in [7, 11) is 0. The van der Waals surface area contributed by atoms with Gasteiger partial charge in [-0.25, -0.2) is 0 Å². The second-order valence-electron chi connectivity index (χ2n) is 4.34. The maximum absolute atomic E-state index is 6.18. The van der Waals surface area contributed by atoms with Crippen LogP contribution in [0.15, 0.2) is 53.7 Å². The van der Waals surface area contributed by atoms with Crippen LogP contribution in [0.4, 0.5) is 0 Å². The first-order valence-electron chi connectivity index (χ1n) is 5.98. The van der Waals surface area contributed by atoms with Crippen LogP contribution in [0.1, 0.15) is 23.7 Å². The number of rotatable bonds is 2. The molecule has 2 aromatic carbocycles. The Hall–Kier alpha value is -1.51. The molecular weight excluding hydrogens is 281 g/mol. The van der Waals surface area contributed by atoms with Crippen molar-refractivity contribution in [1.29, 1.82) is 0 Å². The van der Waals surface area contributed by atoms with E-state index < -0.39 is 0 Å². The average Bonchev–Trinajstić information content (AvgIpc) is 2.89. The lowest BCUT2D eigenvalue weighted by molar-refractivity contribution is 0.0857. The highest BCUT2D eigenvalue weighted by Crippen LogP contribution is 2.34. The SMILES string of the molecule is Clc1cccc(Cl)c1C1=NO[C@H](c2ccccc2)C1. The Balaban J connectivity index is 1.87. The van der Waals surface area contributed by atoms with Gasteiger partial charge in [-0.05, 0) is 17.7 Å². The summed E-state index contributed by atoms with van der Waals surface area (Å²) >= 11 is 12.4. The lowest BCUT2D eigenvalue weighted by atomic mass is 10.0. The maximum Gasteiger partial charge on any atom is 0.158 e. The van der Waals surface area contributed by atoms with Crippen LogP contribution in [0.2, 0.25) is 10.0 Å². The van der Waals surface area contributed by atoms with E-state index in [0.717, 1.165) is 16.8 Å². The van der Waals surface area contributed by atoms with Crippen LogP contribution in [0.3, 0.4) is 0 Å². The van der Waals surface area contributed by atoms with E-state index in [4.69, 9.17) is 28.0 Å². The van der Waals surface area contributed by atoms with Crippen LogP contribution in [0.5, 0.6) is 0 Å². The molecule has 0 amide bonds. The van der Waals surface area contributed by atoms with Crippen molar-refractivity contribution < 1.29 is 4.84 Å². The molecule has 2 aromatic rings. The van der Waals surface area contributed by atoms with Crippen LogP contribution in [-0.2, 0) is 4.84 Å². The Morgan fingerprint density at radius 1 is 0.947 bits per heavy atom. The van der Waals surface area contributed by atoms with Crippen molar-refractivity contribution in [3.63, 3.8) is 0 Å². The molecule has 0 fully saturated rings. The van der Waals surface area contributed by atoms with Gasteiger partial charge in [0, 0.05) is 12.0 Å². The Labute approximate surface area is 121 Å². The summed E-state index contributed by atoms with van der Waals surface area (Å²) in [6, 6.07) is 15.4. The number of nitrogens with zero attached hydrogens (tertiary/aromatic N) is 1. The minimum atomic E-state index is -0.0662. The molecule has 0 radical (unpaired) electrons. The third kappa shape index (κ3) is 2.46. The van der Waals surface area contributed by atoms with Crippen molar-refractivity contribution in [2.24, 2.45) is 5.16 Å². The lowest BCUT2D eigenvalue weighted by Gasteiger charge is -2.08. The van der Waals surface area contributed by atoms with Crippen molar-refractivity contribution >= 4 is 28.9 Å². The van der Waals surface area contributed by atoms with E-state index in [0.29, 0.717) is 16.5 Å². The molecule has 0 saturated heterocycles. The van der Waals surface area contributed by atoms with Crippen molar-refractivity contribution in [3.05, 3.63) is 69.7 Å². The smallest absolute Gasteiger partial charge is 0.158 e. The van der Waals surface area contributed by atoms with Crippen LogP contribution >= 0.6 is 23.2 Å². The monoisotopic (exact) mass is 291 g/mol. The van der Waals surface area contributed by atoms with Crippen molar-refractivity contribution in [1.82, 2.24) is 0 Å². The molecule has 0 aromatic heterocycles. The maximum atomic E-state index is 6.18. The van der Waals surface area contributed by atoms with Gasteiger partial charge in [0.1, 0.15) is 0 Å². The third-order valence-electron chi connectivity index (χ3n) is 3.09. The number of oxime groups is 1. The predicted octanol–water partition coefficient (Wildman–Crippen LogP) is 4.86. The van der Waals surface area contributed by atoms with Gasteiger partial charge in [0.15, 0.2) is 6.10 Å². The van der Waals surface area contributed by atoms with Gasteiger partial charge in [-0.3, -0.25) is 0 Å². The van der Waals surface area contributed by atoms with E-state index in [1.807, 2.05) is 36.4 Å². The standard InChI is InChI=1S/C15H11Cl2NO/c16-11-7-4-8-12(17)15(11)13-9-14(19-18-13)10-5-2-1-3-6-10/h1-8,14H,9H2/t14-/m0/s1. The minimum Gasteiger partial charge on any atom is -0.387 e. The average molecular weight is 292 g/mol. The summed E-state index contributed by atoms with van der Waals surface area (Å²) < 4.78 is 0. The normalized spacial score (nSPS) is 18.0. The van der Waals surface area contributed by atoms with Crippen LogP contribution < -0.4 is 0 Å². The van der Waals surface area contributed by atoms with Gasteiger partial charge in [0.25, 0.3) is 0 Å². The van der Waals surface area contributed by atoms with Crippen molar-refractivity contribution in [2.75, 3.05) is 0 Å². The molecule has 0 unspecified atom stereocenters.